The maximum absolute atomic E-state index is 14.2. The van der Waals surface area contributed by atoms with Crippen LogP contribution in [0.2, 0.25) is 0 Å². The van der Waals surface area contributed by atoms with Crippen LogP contribution in [0.25, 0.3) is 0 Å². The molecule has 5 atom stereocenters. The quantitative estimate of drug-likeness (QED) is 0.459. The second-order valence-electron chi connectivity index (χ2n) is 11.7. The summed E-state index contributed by atoms with van der Waals surface area (Å²) < 4.78 is 34.9. The van der Waals surface area contributed by atoms with Crippen molar-refractivity contribution in [3.63, 3.8) is 0 Å². The van der Waals surface area contributed by atoms with Crippen LogP contribution in [-0.4, -0.2) is 32.1 Å². The molecular formula is C30H35F2NO2. The Morgan fingerprint density at radius 1 is 1.06 bits per heavy atom. The number of allylic oxidation sites excluding steroid dienone is 4. The maximum Gasteiger partial charge on any atom is 0.272 e. The molecule has 1 heterocycles. The number of rotatable bonds is 2. The van der Waals surface area contributed by atoms with Crippen molar-refractivity contribution in [2.24, 2.45) is 17.3 Å². The van der Waals surface area contributed by atoms with Gasteiger partial charge in [-0.1, -0.05) is 24.6 Å². The van der Waals surface area contributed by atoms with E-state index in [1.165, 1.54) is 22.3 Å². The highest BCUT2D eigenvalue weighted by Gasteiger charge is 2.67. The van der Waals surface area contributed by atoms with Gasteiger partial charge in [0.15, 0.2) is 5.78 Å². The van der Waals surface area contributed by atoms with Crippen molar-refractivity contribution in [1.82, 2.24) is 0 Å². The van der Waals surface area contributed by atoms with Gasteiger partial charge in [-0.15, -0.1) is 0 Å². The summed E-state index contributed by atoms with van der Waals surface area (Å²) in [4.78, 5) is 14.3. The number of halogens is 2. The summed E-state index contributed by atoms with van der Waals surface area (Å²) in [6, 6.07) is 8.78. The molecule has 0 amide bonds. The number of hydrogen-bond donors (Lipinski definition) is 0. The van der Waals surface area contributed by atoms with E-state index in [-0.39, 0.29) is 22.7 Å². The summed E-state index contributed by atoms with van der Waals surface area (Å²) in [5, 5.41) is 0. The van der Waals surface area contributed by atoms with Gasteiger partial charge < -0.3 is 9.64 Å². The molecule has 1 aromatic carbocycles. The van der Waals surface area contributed by atoms with E-state index in [0.717, 1.165) is 37.8 Å². The molecule has 1 aliphatic heterocycles. The highest BCUT2D eigenvalue weighted by Crippen LogP contribution is 2.70. The summed E-state index contributed by atoms with van der Waals surface area (Å²) >= 11 is 0. The molecule has 0 radical (unpaired) electrons. The molecule has 1 aromatic rings. The molecule has 5 aliphatic rings. The lowest BCUT2D eigenvalue weighted by atomic mass is 9.50. The standard InChI is InChI=1S/C30H35F2NO2/c1-29-17-24(18-4-7-20(8-5-18)33(2)3)27-22-11-9-21(34)16-19(22)6-10-23(27)25(29)12-14-30(29)26(28(31)32)13-15-35-30/h4-5,7-8,16,23-25H,6,9-15,17H2,1-3H3/t23?,24-,25?,29+,30?/m1/s1. The zero-order valence-electron chi connectivity index (χ0n) is 21.0. The van der Waals surface area contributed by atoms with E-state index in [0.29, 0.717) is 37.7 Å². The van der Waals surface area contributed by atoms with Crippen molar-refractivity contribution in [2.75, 3.05) is 25.6 Å². The van der Waals surface area contributed by atoms with E-state index in [1.54, 1.807) is 0 Å². The van der Waals surface area contributed by atoms with Gasteiger partial charge in [-0.3, -0.25) is 4.79 Å². The molecular weight excluding hydrogens is 444 g/mol. The first-order valence-corrected chi connectivity index (χ1v) is 13.2. The number of carbonyl (C=O) groups excluding carboxylic acids is 1. The Labute approximate surface area is 206 Å². The van der Waals surface area contributed by atoms with Crippen LogP contribution >= 0.6 is 0 Å². The van der Waals surface area contributed by atoms with Crippen molar-refractivity contribution < 1.29 is 18.3 Å². The predicted molar refractivity (Wildman–Crippen MR) is 134 cm³/mol. The Bertz CT molecular complexity index is 1160. The number of ketones is 1. The zero-order valence-corrected chi connectivity index (χ0v) is 21.0. The Hall–Kier alpha value is -2.27. The fourth-order valence-electron chi connectivity index (χ4n) is 8.55. The second kappa shape index (κ2) is 8.12. The number of benzene rings is 1. The van der Waals surface area contributed by atoms with Crippen molar-refractivity contribution in [3.05, 3.63) is 64.3 Å². The van der Waals surface area contributed by atoms with Gasteiger partial charge in [0, 0.05) is 49.5 Å². The summed E-state index contributed by atoms with van der Waals surface area (Å²) in [5.74, 6) is 1.09. The van der Waals surface area contributed by atoms with Gasteiger partial charge in [-0.2, -0.15) is 8.78 Å². The van der Waals surface area contributed by atoms with Crippen molar-refractivity contribution in [1.29, 1.82) is 0 Å². The molecule has 4 aliphatic carbocycles. The molecule has 3 unspecified atom stereocenters. The molecule has 1 spiro atoms. The molecule has 0 aromatic heterocycles. The van der Waals surface area contributed by atoms with Crippen LogP contribution in [0.4, 0.5) is 14.5 Å². The Morgan fingerprint density at radius 3 is 2.54 bits per heavy atom. The van der Waals surface area contributed by atoms with Crippen molar-refractivity contribution >= 4 is 11.5 Å². The van der Waals surface area contributed by atoms with Gasteiger partial charge in [-0.05, 0) is 85.3 Å². The molecule has 0 N–H and O–H groups in total. The Kier molecular flexibility index (Phi) is 5.37. The number of carbonyl (C=O) groups is 1. The molecule has 3 nitrogen and oxygen atoms in total. The number of ether oxygens (including phenoxy) is 1. The van der Waals surface area contributed by atoms with Gasteiger partial charge in [0.1, 0.15) is 5.60 Å². The fraction of sp³-hybridized carbons (Fsp3) is 0.567. The minimum Gasteiger partial charge on any atom is -0.378 e. The molecule has 2 saturated carbocycles. The molecule has 5 heteroatoms. The number of nitrogens with zero attached hydrogens (tertiary/aromatic N) is 1. The van der Waals surface area contributed by atoms with Gasteiger partial charge >= 0.3 is 0 Å². The summed E-state index contributed by atoms with van der Waals surface area (Å²) in [6.07, 6.45) is 6.45. The normalized spacial score (nSPS) is 36.1. The van der Waals surface area contributed by atoms with E-state index in [2.05, 4.69) is 36.1 Å². The summed E-state index contributed by atoms with van der Waals surface area (Å²) in [5.41, 5.74) is 5.61. The van der Waals surface area contributed by atoms with E-state index in [9.17, 15) is 13.6 Å². The van der Waals surface area contributed by atoms with Crippen LogP contribution in [0.5, 0.6) is 0 Å². The van der Waals surface area contributed by atoms with E-state index < -0.39 is 11.7 Å². The minimum atomic E-state index is -1.53. The Morgan fingerprint density at radius 2 is 1.83 bits per heavy atom. The first-order chi connectivity index (χ1) is 16.7. The first-order valence-electron chi connectivity index (χ1n) is 13.2. The van der Waals surface area contributed by atoms with Crippen LogP contribution in [0.3, 0.4) is 0 Å². The van der Waals surface area contributed by atoms with Crippen molar-refractivity contribution in [2.45, 2.75) is 69.8 Å². The molecule has 186 valence electrons. The number of anilines is 1. The van der Waals surface area contributed by atoms with Crippen LogP contribution in [0.1, 0.15) is 69.8 Å². The zero-order chi connectivity index (χ0) is 24.5. The lowest BCUT2D eigenvalue weighted by molar-refractivity contribution is -0.114. The highest BCUT2D eigenvalue weighted by atomic mass is 19.3. The summed E-state index contributed by atoms with van der Waals surface area (Å²) in [7, 11) is 4.08. The third-order valence-corrected chi connectivity index (χ3v) is 10.1. The number of fused-ring (bicyclic) bond motifs is 5. The van der Waals surface area contributed by atoms with Crippen LogP contribution in [0, 0.1) is 17.3 Å². The topological polar surface area (TPSA) is 29.5 Å². The van der Waals surface area contributed by atoms with Gasteiger partial charge in [0.25, 0.3) is 6.08 Å². The molecule has 35 heavy (non-hydrogen) atoms. The smallest absolute Gasteiger partial charge is 0.272 e. The molecule has 1 saturated heterocycles. The van der Waals surface area contributed by atoms with Gasteiger partial charge in [-0.25, -0.2) is 0 Å². The van der Waals surface area contributed by atoms with Crippen molar-refractivity contribution in [3.8, 4) is 0 Å². The average Bonchev–Trinajstić information content (AvgIpc) is 3.40. The average molecular weight is 480 g/mol. The lowest BCUT2D eigenvalue weighted by Gasteiger charge is -2.55. The van der Waals surface area contributed by atoms with E-state index >= 15 is 0 Å². The molecule has 6 rings (SSSR count). The van der Waals surface area contributed by atoms with Gasteiger partial charge in [0.2, 0.25) is 0 Å². The van der Waals surface area contributed by atoms with Crippen LogP contribution in [0.15, 0.2) is 58.7 Å². The van der Waals surface area contributed by atoms with E-state index in [1.807, 2.05) is 20.2 Å². The second-order valence-corrected chi connectivity index (χ2v) is 11.7. The lowest BCUT2D eigenvalue weighted by Crippen LogP contribution is -2.52. The largest absolute Gasteiger partial charge is 0.378 e. The van der Waals surface area contributed by atoms with Crippen LogP contribution < -0.4 is 4.90 Å². The third kappa shape index (κ3) is 3.26. The van der Waals surface area contributed by atoms with Crippen LogP contribution in [-0.2, 0) is 9.53 Å². The maximum atomic E-state index is 14.2. The van der Waals surface area contributed by atoms with Gasteiger partial charge in [0.05, 0.1) is 6.61 Å². The van der Waals surface area contributed by atoms with E-state index in [4.69, 9.17) is 4.74 Å². The summed E-state index contributed by atoms with van der Waals surface area (Å²) in [6.45, 7) is 2.64. The molecule has 3 fully saturated rings. The SMILES string of the molecule is CN(C)c1ccc([C@H]2C[C@@]3(C)C(CCC34OCCC4=C(F)F)C3CCC4=CC(=O)CCC4=C32)cc1. The molecule has 0 bridgehead atoms. The number of hydrogen-bond acceptors (Lipinski definition) is 3. The fourth-order valence-corrected chi connectivity index (χ4v) is 8.55. The highest BCUT2D eigenvalue weighted by molar-refractivity contribution is 5.93. The third-order valence-electron chi connectivity index (χ3n) is 10.1. The Balaban J connectivity index is 1.52. The minimum absolute atomic E-state index is 0.160. The predicted octanol–water partition coefficient (Wildman–Crippen LogP) is 6.96. The first kappa shape index (κ1) is 23.1. The monoisotopic (exact) mass is 479 g/mol.